The molecule has 1 aliphatic rings. The summed E-state index contributed by atoms with van der Waals surface area (Å²) in [6.45, 7) is 6.61. The summed E-state index contributed by atoms with van der Waals surface area (Å²) in [5, 5.41) is 8.71. The van der Waals surface area contributed by atoms with Crippen LogP contribution < -0.4 is 4.90 Å². The number of hydrogen-bond acceptors (Lipinski definition) is 3. The second-order valence-electron chi connectivity index (χ2n) is 4.53. The van der Waals surface area contributed by atoms with Crippen LogP contribution in [0.25, 0.3) is 0 Å². The highest BCUT2D eigenvalue weighted by Gasteiger charge is 2.34. The minimum Gasteiger partial charge on any atom is -0.370 e. The normalized spacial score (nSPS) is 18.5. The van der Waals surface area contributed by atoms with Crippen molar-refractivity contribution in [3.8, 4) is 6.07 Å². The zero-order valence-electron chi connectivity index (χ0n) is 8.49. The summed E-state index contributed by atoms with van der Waals surface area (Å²) in [5.74, 6) is 0. The molecule has 1 aliphatic heterocycles. The number of nitriles is 1. The van der Waals surface area contributed by atoms with Gasteiger partial charge in [-0.05, 0) is 17.5 Å². The fourth-order valence-electron chi connectivity index (χ4n) is 1.85. The molecule has 1 fully saturated rings. The summed E-state index contributed by atoms with van der Waals surface area (Å²) in [6.07, 6.45) is 1.69. The van der Waals surface area contributed by atoms with Crippen LogP contribution >= 0.6 is 0 Å². The lowest BCUT2D eigenvalue weighted by Crippen LogP contribution is -2.53. The van der Waals surface area contributed by atoms with Gasteiger partial charge < -0.3 is 4.90 Å². The van der Waals surface area contributed by atoms with E-state index in [1.807, 2.05) is 12.1 Å². The average Bonchev–Trinajstić information content (AvgIpc) is 2.14. The van der Waals surface area contributed by atoms with E-state index in [0.29, 0.717) is 11.1 Å². The van der Waals surface area contributed by atoms with E-state index in [4.69, 9.17) is 5.26 Å². The zero-order chi connectivity index (χ0) is 10.2. The number of aromatic nitrogens is 1. The van der Waals surface area contributed by atoms with E-state index < -0.39 is 0 Å². The zero-order valence-corrected chi connectivity index (χ0v) is 8.49. The maximum atomic E-state index is 8.71. The largest absolute Gasteiger partial charge is 0.370 e. The first kappa shape index (κ1) is 9.01. The molecule has 0 atom stereocenters. The summed E-state index contributed by atoms with van der Waals surface area (Å²) < 4.78 is 0. The minimum absolute atomic E-state index is 0.413. The van der Waals surface area contributed by atoms with Gasteiger partial charge in [-0.1, -0.05) is 13.8 Å². The van der Waals surface area contributed by atoms with Gasteiger partial charge in [0.15, 0.2) is 0 Å². The molecule has 0 unspecified atom stereocenters. The van der Waals surface area contributed by atoms with Gasteiger partial charge in [0, 0.05) is 25.0 Å². The Morgan fingerprint density at radius 1 is 1.50 bits per heavy atom. The third kappa shape index (κ3) is 1.56. The second kappa shape index (κ2) is 2.98. The predicted molar refractivity (Wildman–Crippen MR) is 54.9 cm³/mol. The maximum absolute atomic E-state index is 8.71. The van der Waals surface area contributed by atoms with E-state index in [1.54, 1.807) is 6.20 Å². The summed E-state index contributed by atoms with van der Waals surface area (Å²) in [4.78, 5) is 6.21. The highest BCUT2D eigenvalue weighted by molar-refractivity contribution is 5.51. The van der Waals surface area contributed by atoms with Crippen LogP contribution in [0.15, 0.2) is 18.3 Å². The monoisotopic (exact) mass is 187 g/mol. The number of rotatable bonds is 1. The van der Waals surface area contributed by atoms with Crippen molar-refractivity contribution < 1.29 is 0 Å². The number of nitrogens with zero attached hydrogens (tertiary/aromatic N) is 3. The fourth-order valence-corrected chi connectivity index (χ4v) is 1.85. The molecule has 2 heterocycles. The Hall–Kier alpha value is -1.56. The van der Waals surface area contributed by atoms with Crippen molar-refractivity contribution in [3.63, 3.8) is 0 Å². The second-order valence-corrected chi connectivity index (χ2v) is 4.53. The van der Waals surface area contributed by atoms with Gasteiger partial charge in [-0.15, -0.1) is 0 Å². The van der Waals surface area contributed by atoms with E-state index >= 15 is 0 Å². The van der Waals surface area contributed by atoms with Gasteiger partial charge in [-0.2, -0.15) is 5.26 Å². The van der Waals surface area contributed by atoms with Gasteiger partial charge in [0.25, 0.3) is 0 Å². The Kier molecular flexibility index (Phi) is 1.92. The van der Waals surface area contributed by atoms with E-state index in [1.165, 1.54) is 0 Å². The fraction of sp³-hybridized carbons (Fsp3) is 0.455. The van der Waals surface area contributed by atoms with Crippen molar-refractivity contribution in [2.75, 3.05) is 18.0 Å². The standard InChI is InChI=1S/C11H13N3/c1-11(2)7-14(8-11)10-3-4-13-9(5-10)6-12/h3-5H,7-8H2,1-2H3. The molecule has 72 valence electrons. The SMILES string of the molecule is CC1(C)CN(c2ccnc(C#N)c2)C1. The third-order valence-corrected chi connectivity index (χ3v) is 2.46. The molecule has 0 bridgehead atoms. The molecule has 1 aromatic heterocycles. The summed E-state index contributed by atoms with van der Waals surface area (Å²) in [6, 6.07) is 5.85. The topological polar surface area (TPSA) is 39.9 Å². The molecule has 3 heteroatoms. The van der Waals surface area contributed by atoms with Crippen LogP contribution in [-0.4, -0.2) is 18.1 Å². The highest BCUT2D eigenvalue weighted by Crippen LogP contribution is 2.33. The molecule has 3 nitrogen and oxygen atoms in total. The summed E-state index contributed by atoms with van der Waals surface area (Å²) >= 11 is 0. The van der Waals surface area contributed by atoms with Gasteiger partial charge >= 0.3 is 0 Å². The smallest absolute Gasteiger partial charge is 0.142 e. The van der Waals surface area contributed by atoms with Crippen LogP contribution in [-0.2, 0) is 0 Å². The molecule has 2 rings (SSSR count). The quantitative estimate of drug-likeness (QED) is 0.673. The lowest BCUT2D eigenvalue weighted by Gasteiger charge is -2.47. The van der Waals surface area contributed by atoms with Gasteiger partial charge in [0.05, 0.1) is 0 Å². The molecule has 0 aromatic carbocycles. The van der Waals surface area contributed by atoms with Crippen LogP contribution in [0.2, 0.25) is 0 Å². The van der Waals surface area contributed by atoms with Crippen molar-refractivity contribution in [1.82, 2.24) is 4.98 Å². The lowest BCUT2D eigenvalue weighted by atomic mass is 9.84. The summed E-state index contributed by atoms with van der Waals surface area (Å²) in [5.41, 5.74) is 2.01. The Labute approximate surface area is 84.0 Å². The molecule has 0 N–H and O–H groups in total. The molecule has 0 amide bonds. The van der Waals surface area contributed by atoms with E-state index in [9.17, 15) is 0 Å². The van der Waals surface area contributed by atoms with Crippen LogP contribution in [0.4, 0.5) is 5.69 Å². The molecule has 0 aliphatic carbocycles. The van der Waals surface area contributed by atoms with Crippen LogP contribution in [0, 0.1) is 16.7 Å². The molecule has 0 spiro atoms. The first-order valence-corrected chi connectivity index (χ1v) is 4.72. The van der Waals surface area contributed by atoms with Crippen LogP contribution in [0.1, 0.15) is 19.5 Å². The third-order valence-electron chi connectivity index (χ3n) is 2.46. The minimum atomic E-state index is 0.413. The average molecular weight is 187 g/mol. The molecular formula is C11H13N3. The van der Waals surface area contributed by atoms with Gasteiger partial charge in [-0.3, -0.25) is 0 Å². The van der Waals surface area contributed by atoms with Crippen molar-refractivity contribution in [1.29, 1.82) is 5.26 Å². The van der Waals surface area contributed by atoms with Crippen molar-refractivity contribution in [2.24, 2.45) is 5.41 Å². The van der Waals surface area contributed by atoms with Crippen LogP contribution in [0.5, 0.6) is 0 Å². The van der Waals surface area contributed by atoms with Gasteiger partial charge in [0.1, 0.15) is 11.8 Å². The molecule has 0 saturated carbocycles. The number of pyridine rings is 1. The van der Waals surface area contributed by atoms with Gasteiger partial charge in [0.2, 0.25) is 0 Å². The number of hydrogen-bond donors (Lipinski definition) is 0. The maximum Gasteiger partial charge on any atom is 0.142 e. The molecule has 1 saturated heterocycles. The van der Waals surface area contributed by atoms with E-state index in [2.05, 4.69) is 29.8 Å². The van der Waals surface area contributed by atoms with E-state index in [0.717, 1.165) is 18.8 Å². The first-order valence-electron chi connectivity index (χ1n) is 4.72. The Morgan fingerprint density at radius 3 is 2.79 bits per heavy atom. The Bertz CT molecular complexity index is 382. The van der Waals surface area contributed by atoms with Gasteiger partial charge in [-0.25, -0.2) is 4.98 Å². The van der Waals surface area contributed by atoms with Crippen molar-refractivity contribution >= 4 is 5.69 Å². The molecule has 0 radical (unpaired) electrons. The molecule has 1 aromatic rings. The van der Waals surface area contributed by atoms with Crippen LogP contribution in [0.3, 0.4) is 0 Å². The van der Waals surface area contributed by atoms with Crippen molar-refractivity contribution in [3.05, 3.63) is 24.0 Å². The molecule has 14 heavy (non-hydrogen) atoms. The number of anilines is 1. The Balaban J connectivity index is 2.16. The highest BCUT2D eigenvalue weighted by atomic mass is 15.2. The first-order chi connectivity index (χ1) is 6.61. The summed E-state index contributed by atoms with van der Waals surface area (Å²) in [7, 11) is 0. The molecular weight excluding hydrogens is 174 g/mol. The lowest BCUT2D eigenvalue weighted by molar-refractivity contribution is 0.276. The van der Waals surface area contributed by atoms with Crippen molar-refractivity contribution in [2.45, 2.75) is 13.8 Å². The predicted octanol–water partition coefficient (Wildman–Crippen LogP) is 1.80. The van der Waals surface area contributed by atoms with E-state index in [-0.39, 0.29) is 0 Å². The Morgan fingerprint density at radius 2 is 2.21 bits per heavy atom.